The molecular formula is C33H34F6O2. The largest absolute Gasteiger partial charge is 0.459 e. The molecule has 1 saturated carbocycles. The molecule has 41 heavy (non-hydrogen) atoms. The van der Waals surface area contributed by atoms with Crippen LogP contribution in [0.4, 0.5) is 26.3 Å². The normalized spacial score (nSPS) is 17.8. The van der Waals surface area contributed by atoms with E-state index in [2.05, 4.69) is 28.5 Å². The highest BCUT2D eigenvalue weighted by molar-refractivity contribution is 5.64. The molecule has 0 N–H and O–H groups in total. The van der Waals surface area contributed by atoms with Gasteiger partial charge in [0, 0.05) is 18.2 Å². The monoisotopic (exact) mass is 576 g/mol. The van der Waals surface area contributed by atoms with Gasteiger partial charge in [-0.2, -0.15) is 8.78 Å². The average molecular weight is 577 g/mol. The standard InChI is InChI=1S/C33H34F6O2/c1-2-3-4-5-22-6-8-23(9-7-22)24-10-12-25(13-11-24)26-14-16-27(17-15-26)33(38,39)41-28-20-29(34)32(30(35)21-28)40-19-18-31(36)37/h10-23,31H,2-9H2,1H3/b19-18+. The summed E-state index contributed by atoms with van der Waals surface area (Å²) in [5, 5.41) is 0. The molecule has 0 saturated heterocycles. The lowest BCUT2D eigenvalue weighted by molar-refractivity contribution is -0.185. The summed E-state index contributed by atoms with van der Waals surface area (Å²) >= 11 is 0. The van der Waals surface area contributed by atoms with E-state index in [1.54, 1.807) is 0 Å². The van der Waals surface area contributed by atoms with Gasteiger partial charge in [0.05, 0.1) is 11.8 Å². The molecule has 0 aliphatic heterocycles. The van der Waals surface area contributed by atoms with E-state index in [1.807, 2.05) is 12.1 Å². The van der Waals surface area contributed by atoms with Crippen LogP contribution in [0.15, 0.2) is 73.0 Å². The van der Waals surface area contributed by atoms with Crippen LogP contribution in [-0.4, -0.2) is 6.43 Å². The molecule has 0 aromatic heterocycles. The van der Waals surface area contributed by atoms with E-state index in [-0.39, 0.29) is 6.08 Å². The zero-order valence-electron chi connectivity index (χ0n) is 22.9. The Labute approximate surface area is 237 Å². The van der Waals surface area contributed by atoms with E-state index < -0.39 is 41.2 Å². The second-order valence-corrected chi connectivity index (χ2v) is 10.5. The number of alkyl halides is 4. The van der Waals surface area contributed by atoms with Gasteiger partial charge in [0.15, 0.2) is 17.4 Å². The van der Waals surface area contributed by atoms with Crippen LogP contribution in [0.2, 0.25) is 0 Å². The van der Waals surface area contributed by atoms with Crippen molar-refractivity contribution in [3.63, 3.8) is 0 Å². The molecule has 0 spiro atoms. The maximum atomic E-state index is 14.8. The van der Waals surface area contributed by atoms with E-state index in [1.165, 1.54) is 81.2 Å². The number of benzene rings is 3. The van der Waals surface area contributed by atoms with Crippen molar-refractivity contribution in [3.05, 3.63) is 95.8 Å². The van der Waals surface area contributed by atoms with Gasteiger partial charge in [-0.1, -0.05) is 69.0 Å². The van der Waals surface area contributed by atoms with Crippen molar-refractivity contribution in [2.75, 3.05) is 0 Å². The number of hydrogen-bond acceptors (Lipinski definition) is 2. The van der Waals surface area contributed by atoms with E-state index in [0.717, 1.165) is 17.0 Å². The summed E-state index contributed by atoms with van der Waals surface area (Å²) in [6, 6.07) is 14.7. The minimum atomic E-state index is -3.89. The number of ether oxygens (including phenoxy) is 2. The topological polar surface area (TPSA) is 18.5 Å². The summed E-state index contributed by atoms with van der Waals surface area (Å²) in [5.74, 6) is -3.17. The molecule has 2 nitrogen and oxygen atoms in total. The lowest BCUT2D eigenvalue weighted by atomic mass is 9.77. The van der Waals surface area contributed by atoms with Gasteiger partial charge in [0.1, 0.15) is 5.75 Å². The van der Waals surface area contributed by atoms with Crippen LogP contribution in [0.25, 0.3) is 11.1 Å². The Balaban J connectivity index is 1.37. The maximum absolute atomic E-state index is 14.8. The summed E-state index contributed by atoms with van der Waals surface area (Å²) < 4.78 is 91.4. The summed E-state index contributed by atoms with van der Waals surface area (Å²) in [6.07, 6.45) is 4.04. The smallest absolute Gasteiger partial charge is 0.426 e. The first-order valence-corrected chi connectivity index (χ1v) is 14.0. The zero-order chi connectivity index (χ0) is 29.4. The van der Waals surface area contributed by atoms with Gasteiger partial charge in [0.2, 0.25) is 0 Å². The van der Waals surface area contributed by atoms with Crippen LogP contribution in [0.5, 0.6) is 11.5 Å². The maximum Gasteiger partial charge on any atom is 0.426 e. The minimum Gasteiger partial charge on any atom is -0.459 e. The van der Waals surface area contributed by atoms with Gasteiger partial charge in [0.25, 0.3) is 6.43 Å². The lowest BCUT2D eigenvalue weighted by Gasteiger charge is -2.29. The molecule has 1 aliphatic carbocycles. The average Bonchev–Trinajstić information content (AvgIpc) is 2.95. The van der Waals surface area contributed by atoms with Gasteiger partial charge in [-0.15, -0.1) is 0 Å². The molecule has 8 heteroatoms. The van der Waals surface area contributed by atoms with Crippen LogP contribution in [0.3, 0.4) is 0 Å². The van der Waals surface area contributed by atoms with Crippen molar-refractivity contribution in [3.8, 4) is 22.6 Å². The van der Waals surface area contributed by atoms with Crippen LogP contribution in [0.1, 0.15) is 75.3 Å². The highest BCUT2D eigenvalue weighted by Crippen LogP contribution is 2.39. The summed E-state index contributed by atoms with van der Waals surface area (Å²) in [4.78, 5) is 0. The van der Waals surface area contributed by atoms with Crippen molar-refractivity contribution in [2.24, 2.45) is 5.92 Å². The second-order valence-electron chi connectivity index (χ2n) is 10.5. The van der Waals surface area contributed by atoms with Crippen LogP contribution < -0.4 is 9.47 Å². The number of rotatable bonds is 12. The fourth-order valence-corrected chi connectivity index (χ4v) is 5.35. The minimum absolute atomic E-state index is 0.274. The zero-order valence-corrected chi connectivity index (χ0v) is 22.9. The number of halogens is 6. The Bertz CT molecular complexity index is 1260. The SMILES string of the molecule is CCCCCC1CCC(c2ccc(-c3ccc(C(F)(F)Oc4cc(F)c(O/C=C/C(F)F)c(F)c4)cc3)cc2)CC1. The second kappa shape index (κ2) is 14.0. The van der Waals surface area contributed by atoms with E-state index in [4.69, 9.17) is 0 Å². The first-order chi connectivity index (χ1) is 19.7. The third-order valence-electron chi connectivity index (χ3n) is 7.63. The molecule has 4 rings (SSSR count). The quantitative estimate of drug-likeness (QED) is 0.121. The molecule has 0 atom stereocenters. The Morgan fingerprint density at radius 2 is 1.44 bits per heavy atom. The Hall–Kier alpha value is -3.42. The van der Waals surface area contributed by atoms with E-state index in [0.29, 0.717) is 24.3 Å². The van der Waals surface area contributed by atoms with Crippen molar-refractivity contribution >= 4 is 0 Å². The highest BCUT2D eigenvalue weighted by Gasteiger charge is 2.35. The fourth-order valence-electron chi connectivity index (χ4n) is 5.35. The lowest BCUT2D eigenvalue weighted by Crippen LogP contribution is -2.22. The molecule has 3 aromatic carbocycles. The fraction of sp³-hybridized carbons (Fsp3) is 0.394. The Kier molecular flexibility index (Phi) is 10.4. The van der Waals surface area contributed by atoms with Crippen molar-refractivity contribution in [1.29, 1.82) is 0 Å². The van der Waals surface area contributed by atoms with Crippen molar-refractivity contribution < 1.29 is 35.8 Å². The number of allylic oxidation sites excluding steroid dienone is 1. The highest BCUT2D eigenvalue weighted by atomic mass is 19.3. The van der Waals surface area contributed by atoms with Gasteiger partial charge >= 0.3 is 6.11 Å². The third-order valence-corrected chi connectivity index (χ3v) is 7.63. The summed E-state index contributed by atoms with van der Waals surface area (Å²) in [5.41, 5.74) is 2.43. The van der Waals surface area contributed by atoms with Crippen molar-refractivity contribution in [1.82, 2.24) is 0 Å². The summed E-state index contributed by atoms with van der Waals surface area (Å²) in [6.45, 7) is 2.23. The predicted octanol–water partition coefficient (Wildman–Crippen LogP) is 10.8. The molecule has 1 fully saturated rings. The Morgan fingerprint density at radius 1 is 0.854 bits per heavy atom. The third kappa shape index (κ3) is 8.30. The Morgan fingerprint density at radius 3 is 2.00 bits per heavy atom. The van der Waals surface area contributed by atoms with Gasteiger partial charge in [-0.05, 0) is 66.3 Å². The molecular weight excluding hydrogens is 542 g/mol. The molecule has 0 bridgehead atoms. The summed E-state index contributed by atoms with van der Waals surface area (Å²) in [7, 11) is 0. The van der Waals surface area contributed by atoms with Crippen LogP contribution >= 0.6 is 0 Å². The molecule has 0 unspecified atom stereocenters. The van der Waals surface area contributed by atoms with Gasteiger partial charge < -0.3 is 9.47 Å². The first kappa shape index (κ1) is 30.5. The first-order valence-electron chi connectivity index (χ1n) is 14.0. The van der Waals surface area contributed by atoms with E-state index in [9.17, 15) is 26.3 Å². The molecule has 1 aliphatic rings. The van der Waals surface area contributed by atoms with Crippen LogP contribution in [0, 0.1) is 17.6 Å². The molecule has 0 heterocycles. The van der Waals surface area contributed by atoms with Crippen LogP contribution in [-0.2, 0) is 6.11 Å². The molecule has 220 valence electrons. The predicted molar refractivity (Wildman–Crippen MR) is 147 cm³/mol. The van der Waals surface area contributed by atoms with Gasteiger partial charge in [-0.3, -0.25) is 0 Å². The molecule has 0 amide bonds. The molecule has 3 aromatic rings. The molecule has 0 radical (unpaired) electrons. The van der Waals surface area contributed by atoms with Gasteiger partial charge in [-0.25, -0.2) is 17.6 Å². The van der Waals surface area contributed by atoms with Crippen molar-refractivity contribution in [2.45, 2.75) is 76.7 Å². The van der Waals surface area contributed by atoms with E-state index >= 15 is 0 Å². The number of hydrogen-bond donors (Lipinski definition) is 0. The number of unbranched alkanes of at least 4 members (excludes halogenated alkanes) is 2.